The van der Waals surface area contributed by atoms with Gasteiger partial charge in [-0.1, -0.05) is 56.3 Å². The topological polar surface area (TPSA) is 61.2 Å². The summed E-state index contributed by atoms with van der Waals surface area (Å²) in [6.07, 6.45) is 2.66. The molecule has 0 amide bonds. The number of thiophene rings is 1. The summed E-state index contributed by atoms with van der Waals surface area (Å²) in [5.74, 6) is 0.980. The zero-order valence-corrected chi connectivity index (χ0v) is 21.7. The molecule has 0 aliphatic rings. The Labute approximate surface area is 208 Å². The maximum absolute atomic E-state index is 13.3. The monoisotopic (exact) mass is 494 g/mol. The van der Waals surface area contributed by atoms with Crippen LogP contribution in [-0.4, -0.2) is 28.6 Å². The third-order valence-electron chi connectivity index (χ3n) is 5.81. The highest BCUT2D eigenvalue weighted by atomic mass is 32.2. The second-order valence-corrected chi connectivity index (χ2v) is 11.1. The minimum atomic E-state index is -0.203. The summed E-state index contributed by atoms with van der Waals surface area (Å²) in [7, 11) is 3.15. The zero-order valence-electron chi connectivity index (χ0n) is 20.1. The SMILES string of the molecule is COC(=O)CCCSc1c(Cc2cccc3ccccc23)sc2c(CC(C)C)nn(C)c(=O)c12. The van der Waals surface area contributed by atoms with Gasteiger partial charge in [-0.3, -0.25) is 9.59 Å². The van der Waals surface area contributed by atoms with Gasteiger partial charge in [-0.15, -0.1) is 23.1 Å². The maximum Gasteiger partial charge on any atom is 0.305 e. The van der Waals surface area contributed by atoms with Crippen molar-refractivity contribution in [3.8, 4) is 0 Å². The van der Waals surface area contributed by atoms with E-state index in [0.29, 0.717) is 18.8 Å². The van der Waals surface area contributed by atoms with E-state index in [4.69, 9.17) is 4.74 Å². The first kappa shape index (κ1) is 24.5. The Morgan fingerprint density at radius 1 is 1.18 bits per heavy atom. The van der Waals surface area contributed by atoms with Gasteiger partial charge in [0.2, 0.25) is 0 Å². The molecule has 178 valence electrons. The van der Waals surface area contributed by atoms with E-state index in [1.807, 2.05) is 0 Å². The summed E-state index contributed by atoms with van der Waals surface area (Å²) in [5, 5.41) is 7.85. The molecule has 4 rings (SSSR count). The van der Waals surface area contributed by atoms with Crippen LogP contribution in [0.1, 0.15) is 42.8 Å². The third kappa shape index (κ3) is 5.20. The van der Waals surface area contributed by atoms with E-state index in [2.05, 4.69) is 61.4 Å². The van der Waals surface area contributed by atoms with Gasteiger partial charge in [-0.25, -0.2) is 4.68 Å². The van der Waals surface area contributed by atoms with E-state index < -0.39 is 0 Å². The van der Waals surface area contributed by atoms with Gasteiger partial charge in [0.15, 0.2) is 0 Å². The van der Waals surface area contributed by atoms with Crippen LogP contribution in [0.4, 0.5) is 0 Å². The maximum atomic E-state index is 13.3. The molecule has 5 nitrogen and oxygen atoms in total. The van der Waals surface area contributed by atoms with Crippen LogP contribution < -0.4 is 5.56 Å². The highest BCUT2D eigenvalue weighted by Gasteiger charge is 2.21. The first-order valence-electron chi connectivity index (χ1n) is 11.6. The van der Waals surface area contributed by atoms with Crippen LogP contribution in [0.15, 0.2) is 52.2 Å². The van der Waals surface area contributed by atoms with Crippen molar-refractivity contribution in [2.24, 2.45) is 13.0 Å². The second-order valence-electron chi connectivity index (χ2n) is 8.88. The van der Waals surface area contributed by atoms with Crippen molar-refractivity contribution in [1.82, 2.24) is 9.78 Å². The van der Waals surface area contributed by atoms with Crippen molar-refractivity contribution in [2.45, 2.75) is 44.4 Å². The Bertz CT molecular complexity index is 1380. The number of fused-ring (bicyclic) bond motifs is 2. The highest BCUT2D eigenvalue weighted by molar-refractivity contribution is 7.99. The molecule has 0 atom stereocenters. The van der Waals surface area contributed by atoms with Crippen LogP contribution in [-0.2, 0) is 29.4 Å². The summed E-state index contributed by atoms with van der Waals surface area (Å²) in [4.78, 5) is 27.1. The summed E-state index contributed by atoms with van der Waals surface area (Å²) in [6.45, 7) is 4.34. The predicted molar refractivity (Wildman–Crippen MR) is 142 cm³/mol. The molecule has 0 N–H and O–H groups in total. The van der Waals surface area contributed by atoms with E-state index in [1.165, 1.54) is 33.0 Å². The quantitative estimate of drug-likeness (QED) is 0.163. The number of esters is 1. The molecule has 2 aromatic heterocycles. The molecule has 0 aliphatic heterocycles. The van der Waals surface area contributed by atoms with Gasteiger partial charge in [-0.2, -0.15) is 5.10 Å². The molecule has 2 heterocycles. The number of hydrogen-bond donors (Lipinski definition) is 0. The minimum absolute atomic E-state index is 0.0570. The first-order valence-corrected chi connectivity index (χ1v) is 13.4. The molecule has 0 radical (unpaired) electrons. The van der Waals surface area contributed by atoms with Gasteiger partial charge in [-0.05, 0) is 40.8 Å². The number of rotatable bonds is 9. The third-order valence-corrected chi connectivity index (χ3v) is 8.41. The van der Waals surface area contributed by atoms with Crippen molar-refractivity contribution in [1.29, 1.82) is 0 Å². The summed E-state index contributed by atoms with van der Waals surface area (Å²) >= 11 is 3.37. The predicted octanol–water partition coefficient (Wildman–Crippen LogP) is 5.98. The lowest BCUT2D eigenvalue weighted by molar-refractivity contribution is -0.140. The Balaban J connectivity index is 1.81. The molecule has 0 unspecified atom stereocenters. The number of aromatic nitrogens is 2. The molecule has 0 spiro atoms. The van der Waals surface area contributed by atoms with Gasteiger partial charge in [0, 0.05) is 29.7 Å². The Morgan fingerprint density at radius 2 is 1.94 bits per heavy atom. The average molecular weight is 495 g/mol. The number of thioether (sulfide) groups is 1. The molecular formula is C27H30N2O3S2. The lowest BCUT2D eigenvalue weighted by Gasteiger charge is -2.09. The normalized spacial score (nSPS) is 11.6. The molecule has 0 aliphatic carbocycles. The molecule has 0 saturated carbocycles. The summed E-state index contributed by atoms with van der Waals surface area (Å²) < 4.78 is 7.26. The fourth-order valence-corrected chi connectivity index (χ4v) is 6.82. The van der Waals surface area contributed by atoms with Gasteiger partial charge in [0.1, 0.15) is 0 Å². The van der Waals surface area contributed by atoms with Crippen molar-refractivity contribution in [3.05, 3.63) is 69.0 Å². The summed E-state index contributed by atoms with van der Waals surface area (Å²) in [6, 6.07) is 14.8. The van der Waals surface area contributed by atoms with Crippen molar-refractivity contribution in [2.75, 3.05) is 12.9 Å². The Hall–Kier alpha value is -2.64. The van der Waals surface area contributed by atoms with Crippen molar-refractivity contribution in [3.63, 3.8) is 0 Å². The average Bonchev–Trinajstić information content (AvgIpc) is 3.18. The van der Waals surface area contributed by atoms with Crippen LogP contribution in [0, 0.1) is 5.92 Å². The molecule has 0 fully saturated rings. The second kappa shape index (κ2) is 10.7. The molecule has 4 aromatic rings. The smallest absolute Gasteiger partial charge is 0.305 e. The van der Waals surface area contributed by atoms with E-state index in [0.717, 1.165) is 39.3 Å². The Morgan fingerprint density at radius 3 is 2.71 bits per heavy atom. The van der Waals surface area contributed by atoms with Crippen LogP contribution in [0.2, 0.25) is 0 Å². The number of carbonyl (C=O) groups excluding carboxylic acids is 1. The fourth-order valence-electron chi connectivity index (χ4n) is 4.20. The van der Waals surface area contributed by atoms with Crippen molar-refractivity contribution >= 4 is 49.9 Å². The molecule has 2 aromatic carbocycles. The first-order chi connectivity index (χ1) is 16.4. The van der Waals surface area contributed by atoms with Gasteiger partial charge in [0.25, 0.3) is 5.56 Å². The largest absolute Gasteiger partial charge is 0.469 e. The van der Waals surface area contributed by atoms with E-state index in [9.17, 15) is 9.59 Å². The molecule has 7 heteroatoms. The molecule has 34 heavy (non-hydrogen) atoms. The molecular weight excluding hydrogens is 464 g/mol. The minimum Gasteiger partial charge on any atom is -0.469 e. The summed E-state index contributed by atoms with van der Waals surface area (Å²) in [5.41, 5.74) is 2.17. The molecule has 0 bridgehead atoms. The van der Waals surface area contributed by atoms with E-state index in [-0.39, 0.29) is 11.5 Å². The number of ether oxygens (including phenoxy) is 1. The van der Waals surface area contributed by atoms with Crippen LogP contribution in [0.25, 0.3) is 20.9 Å². The number of benzene rings is 2. The van der Waals surface area contributed by atoms with Gasteiger partial charge >= 0.3 is 5.97 Å². The number of carbonyl (C=O) groups is 1. The lowest BCUT2D eigenvalue weighted by Crippen LogP contribution is -2.21. The lowest BCUT2D eigenvalue weighted by atomic mass is 10.0. The van der Waals surface area contributed by atoms with Crippen molar-refractivity contribution < 1.29 is 9.53 Å². The van der Waals surface area contributed by atoms with E-state index in [1.54, 1.807) is 30.1 Å². The van der Waals surface area contributed by atoms with Crippen LogP contribution in [0.5, 0.6) is 0 Å². The number of nitrogens with zero attached hydrogens (tertiary/aromatic N) is 2. The zero-order chi connectivity index (χ0) is 24.2. The fraction of sp³-hybridized carbons (Fsp3) is 0.370. The number of hydrogen-bond acceptors (Lipinski definition) is 6. The van der Waals surface area contributed by atoms with Crippen LogP contribution >= 0.6 is 23.1 Å². The standard InChI is InChI=1S/C27H30N2O3S2/c1-17(2)15-21-25-24(27(31)29(3)28-21)26(33-14-8-13-23(30)32-4)22(34-25)16-19-11-7-10-18-9-5-6-12-20(18)19/h5-7,9-12,17H,8,13-16H2,1-4H3. The molecule has 0 saturated heterocycles. The van der Waals surface area contributed by atoms with Gasteiger partial charge in [0.05, 0.1) is 22.9 Å². The Kier molecular flexibility index (Phi) is 7.73. The number of methoxy groups -OCH3 is 1. The highest BCUT2D eigenvalue weighted by Crippen LogP contribution is 2.40. The van der Waals surface area contributed by atoms with Crippen LogP contribution in [0.3, 0.4) is 0 Å². The number of aryl methyl sites for hydroxylation is 1. The van der Waals surface area contributed by atoms with E-state index >= 15 is 0 Å². The van der Waals surface area contributed by atoms with Gasteiger partial charge < -0.3 is 4.74 Å².